The van der Waals surface area contributed by atoms with Gasteiger partial charge in [0.15, 0.2) is 12.4 Å². The maximum absolute atomic E-state index is 14.5. The van der Waals surface area contributed by atoms with Gasteiger partial charge in [-0.05, 0) is 35.7 Å². The second kappa shape index (κ2) is 8.45. The van der Waals surface area contributed by atoms with Crippen LogP contribution in [0.25, 0.3) is 10.4 Å². The molecule has 4 atom stereocenters. The number of nitrogens with one attached hydrogen (secondary N) is 1. The van der Waals surface area contributed by atoms with Gasteiger partial charge in [0.25, 0.3) is 0 Å². The highest BCUT2D eigenvalue weighted by Gasteiger charge is 2.56. The molecule has 154 valence electrons. The molecule has 1 aromatic heterocycles. The van der Waals surface area contributed by atoms with E-state index in [1.54, 1.807) is 24.3 Å². The van der Waals surface area contributed by atoms with Crippen molar-refractivity contribution in [2.45, 2.75) is 30.6 Å². The lowest BCUT2D eigenvalue weighted by Crippen LogP contribution is -2.43. The second-order valence-corrected chi connectivity index (χ2v) is 6.44. The molecule has 1 aromatic carbocycles. The number of aromatic hydroxyl groups is 1. The van der Waals surface area contributed by atoms with Crippen LogP contribution in [0.15, 0.2) is 46.4 Å². The summed E-state index contributed by atoms with van der Waals surface area (Å²) in [5.74, 6) is 0.422. The van der Waals surface area contributed by atoms with Gasteiger partial charge in [0.1, 0.15) is 17.7 Å². The molecule has 12 heteroatoms. The Labute approximate surface area is 163 Å². The highest BCUT2D eigenvalue weighted by atomic mass is 19.1. The van der Waals surface area contributed by atoms with Gasteiger partial charge in [-0.25, -0.2) is 9.18 Å². The lowest BCUT2D eigenvalue weighted by Gasteiger charge is -2.23. The smallest absolute Gasteiger partial charge is 0.351 e. The number of phenols is 1. The van der Waals surface area contributed by atoms with E-state index in [4.69, 9.17) is 10.3 Å². The molecule has 1 unspecified atom stereocenters. The minimum atomic E-state index is -2.22. The van der Waals surface area contributed by atoms with Crippen molar-refractivity contribution in [3.63, 3.8) is 0 Å². The molecule has 0 aliphatic carbocycles. The fourth-order valence-electron chi connectivity index (χ4n) is 2.98. The van der Waals surface area contributed by atoms with Gasteiger partial charge in [0, 0.05) is 17.7 Å². The van der Waals surface area contributed by atoms with Gasteiger partial charge in [0.05, 0.1) is 6.61 Å². The molecule has 0 amide bonds. The number of aromatic nitrogens is 2. The van der Waals surface area contributed by atoms with Crippen LogP contribution in [-0.4, -0.2) is 56.0 Å². The molecule has 0 spiro atoms. The van der Waals surface area contributed by atoms with E-state index >= 15 is 0 Å². The summed E-state index contributed by atoms with van der Waals surface area (Å²) in [5.41, 5.74) is 6.48. The molecule has 4 N–H and O–H groups in total. The lowest BCUT2D eigenvalue weighted by atomic mass is 10.1. The lowest BCUT2D eigenvalue weighted by molar-refractivity contribution is -0.124. The number of alkyl halides is 1. The van der Waals surface area contributed by atoms with Gasteiger partial charge >= 0.3 is 5.69 Å². The Hall–Kier alpha value is -3.18. The van der Waals surface area contributed by atoms with Gasteiger partial charge in [-0.15, -0.1) is 0 Å². The van der Waals surface area contributed by atoms with E-state index in [0.29, 0.717) is 13.0 Å². The van der Waals surface area contributed by atoms with Crippen molar-refractivity contribution in [3.8, 4) is 5.75 Å². The Kier molecular flexibility index (Phi) is 5.99. The fraction of sp³-hybridized carbons (Fsp3) is 0.412. The summed E-state index contributed by atoms with van der Waals surface area (Å²) in [6, 6.07) is 8.10. The zero-order valence-corrected chi connectivity index (χ0v) is 15.1. The Morgan fingerprint density at radius 3 is 2.72 bits per heavy atom. The molecule has 1 aliphatic rings. The number of benzene rings is 1. The molecule has 1 saturated heterocycles. The van der Waals surface area contributed by atoms with E-state index < -0.39 is 36.5 Å². The van der Waals surface area contributed by atoms with Gasteiger partial charge < -0.3 is 25.4 Å². The zero-order valence-electron chi connectivity index (χ0n) is 15.1. The summed E-state index contributed by atoms with van der Waals surface area (Å²) in [4.78, 5) is 18.6. The van der Waals surface area contributed by atoms with Crippen LogP contribution < -0.4 is 11.0 Å². The van der Waals surface area contributed by atoms with E-state index in [-0.39, 0.29) is 11.6 Å². The van der Waals surface area contributed by atoms with Gasteiger partial charge in [-0.3, -0.25) is 4.57 Å². The second-order valence-electron chi connectivity index (χ2n) is 6.44. The third-order valence-corrected chi connectivity index (χ3v) is 4.56. The predicted molar refractivity (Wildman–Crippen MR) is 98.8 cm³/mol. The molecular formula is C17H19FN6O5. The highest BCUT2D eigenvalue weighted by Crippen LogP contribution is 2.39. The van der Waals surface area contributed by atoms with Crippen LogP contribution >= 0.6 is 0 Å². The number of nitrogens with zero attached hydrogens (tertiary/aromatic N) is 5. The SMILES string of the molecule is [N-]=[N+]=NC1(CO)O[C@@H](n2ccc(NCCc3ccc(O)cc3)nc2=O)[C@@H](F)[C@@H]1O. The number of aliphatic hydroxyl groups excluding tert-OH is 2. The minimum absolute atomic E-state index is 0.170. The molecule has 11 nitrogen and oxygen atoms in total. The van der Waals surface area contributed by atoms with Crippen molar-refractivity contribution >= 4 is 5.82 Å². The average molecular weight is 406 g/mol. The summed E-state index contributed by atoms with van der Waals surface area (Å²) >= 11 is 0. The Morgan fingerprint density at radius 2 is 2.10 bits per heavy atom. The first-order valence-electron chi connectivity index (χ1n) is 8.68. The standard InChI is InChI=1S/C17H19FN6O5/c18-13-14(27)17(9-25,22-23-19)29-15(13)24-8-6-12(21-16(24)28)20-7-5-10-1-3-11(26)4-2-10/h1-4,6,8,13-15,25-27H,5,7,9H2,(H,20,21,28)/t13-,14-,15+,17?/m0/s1. The summed E-state index contributed by atoms with van der Waals surface area (Å²) < 4.78 is 20.5. The monoisotopic (exact) mass is 406 g/mol. The predicted octanol–water partition coefficient (Wildman–Crippen LogP) is 0.830. The normalized spacial score (nSPS) is 26.1. The number of aliphatic hydroxyl groups is 2. The first kappa shape index (κ1) is 20.6. The zero-order chi connectivity index (χ0) is 21.0. The number of azide groups is 1. The molecule has 0 radical (unpaired) electrons. The molecular weight excluding hydrogens is 387 g/mol. The van der Waals surface area contributed by atoms with Crippen molar-refractivity contribution in [1.29, 1.82) is 0 Å². The topological polar surface area (TPSA) is 166 Å². The first-order valence-corrected chi connectivity index (χ1v) is 8.68. The number of hydrogen-bond acceptors (Lipinski definition) is 8. The molecule has 2 heterocycles. The van der Waals surface area contributed by atoms with Crippen LogP contribution in [-0.2, 0) is 11.2 Å². The van der Waals surface area contributed by atoms with Gasteiger partial charge in [-0.1, -0.05) is 17.2 Å². The Balaban J connectivity index is 1.70. The Bertz CT molecular complexity index is 964. The van der Waals surface area contributed by atoms with Crippen molar-refractivity contribution in [2.24, 2.45) is 5.11 Å². The maximum Gasteiger partial charge on any atom is 0.351 e. The van der Waals surface area contributed by atoms with Crippen molar-refractivity contribution < 1.29 is 24.4 Å². The first-order chi connectivity index (χ1) is 13.9. The summed E-state index contributed by atoms with van der Waals surface area (Å²) in [5, 5.41) is 34.7. The van der Waals surface area contributed by atoms with Gasteiger partial charge in [0.2, 0.25) is 5.72 Å². The van der Waals surface area contributed by atoms with Crippen LogP contribution in [0, 0.1) is 0 Å². The van der Waals surface area contributed by atoms with E-state index in [1.807, 2.05) is 0 Å². The van der Waals surface area contributed by atoms with Crippen molar-refractivity contribution in [1.82, 2.24) is 9.55 Å². The molecule has 3 rings (SSSR count). The van der Waals surface area contributed by atoms with E-state index in [2.05, 4.69) is 20.3 Å². The average Bonchev–Trinajstić information content (AvgIpc) is 2.95. The third kappa shape index (κ3) is 4.15. The Morgan fingerprint density at radius 1 is 1.38 bits per heavy atom. The summed E-state index contributed by atoms with van der Waals surface area (Å²) in [6.07, 6.45) is -3.86. The number of halogens is 1. The number of anilines is 1. The molecule has 0 bridgehead atoms. The summed E-state index contributed by atoms with van der Waals surface area (Å²) in [6.45, 7) is -0.510. The molecule has 0 saturated carbocycles. The third-order valence-electron chi connectivity index (χ3n) is 4.56. The largest absolute Gasteiger partial charge is 0.508 e. The number of ether oxygens (including phenoxy) is 1. The van der Waals surface area contributed by atoms with Crippen LogP contribution in [0.2, 0.25) is 0 Å². The fourth-order valence-corrected chi connectivity index (χ4v) is 2.98. The molecule has 2 aromatic rings. The number of rotatable bonds is 7. The minimum Gasteiger partial charge on any atom is -0.508 e. The molecule has 29 heavy (non-hydrogen) atoms. The van der Waals surface area contributed by atoms with Crippen molar-refractivity contribution in [2.75, 3.05) is 18.5 Å². The van der Waals surface area contributed by atoms with Crippen LogP contribution in [0.3, 0.4) is 0 Å². The van der Waals surface area contributed by atoms with E-state index in [0.717, 1.165) is 10.1 Å². The number of phenolic OH excluding ortho intramolecular Hbond substituents is 1. The maximum atomic E-state index is 14.5. The van der Waals surface area contributed by atoms with Crippen LogP contribution in [0.5, 0.6) is 5.75 Å². The van der Waals surface area contributed by atoms with Gasteiger partial charge in [-0.2, -0.15) is 4.98 Å². The molecule has 1 aliphatic heterocycles. The quantitative estimate of drug-likeness (QED) is 0.300. The number of hydrogen-bond donors (Lipinski definition) is 4. The van der Waals surface area contributed by atoms with Crippen LogP contribution in [0.1, 0.15) is 11.8 Å². The summed E-state index contributed by atoms with van der Waals surface area (Å²) in [7, 11) is 0. The van der Waals surface area contributed by atoms with E-state index in [1.165, 1.54) is 12.3 Å². The van der Waals surface area contributed by atoms with E-state index in [9.17, 15) is 24.5 Å². The van der Waals surface area contributed by atoms with Crippen LogP contribution in [0.4, 0.5) is 10.2 Å². The van der Waals surface area contributed by atoms with Crippen molar-refractivity contribution in [3.05, 3.63) is 63.0 Å². The molecule has 1 fully saturated rings. The highest BCUT2D eigenvalue weighted by molar-refractivity contribution is 5.33.